The van der Waals surface area contributed by atoms with Crippen molar-refractivity contribution in [2.75, 3.05) is 25.0 Å². The van der Waals surface area contributed by atoms with Crippen LogP contribution in [0.2, 0.25) is 0 Å². The lowest BCUT2D eigenvalue weighted by molar-refractivity contribution is -0.131. The number of anilines is 1. The van der Waals surface area contributed by atoms with Crippen LogP contribution in [0, 0.1) is 0 Å². The maximum atomic E-state index is 12.6. The number of amides is 3. The molecule has 0 saturated heterocycles. The highest BCUT2D eigenvalue weighted by atomic mass is 16.2. The summed E-state index contributed by atoms with van der Waals surface area (Å²) < 4.78 is 0. The van der Waals surface area contributed by atoms with Crippen LogP contribution in [0.1, 0.15) is 68.6 Å². The molecule has 6 heteroatoms. The zero-order valence-corrected chi connectivity index (χ0v) is 19.7. The summed E-state index contributed by atoms with van der Waals surface area (Å²) in [5.41, 5.74) is 1.45. The van der Waals surface area contributed by atoms with Crippen molar-refractivity contribution in [2.45, 2.75) is 58.3 Å². The van der Waals surface area contributed by atoms with E-state index in [4.69, 9.17) is 0 Å². The number of benzene rings is 2. The molecule has 2 aromatic carbocycles. The fraction of sp³-hybridized carbons (Fsp3) is 0.444. The number of para-hydroxylation sites is 1. The van der Waals surface area contributed by atoms with Crippen molar-refractivity contribution in [1.29, 1.82) is 0 Å². The summed E-state index contributed by atoms with van der Waals surface area (Å²) in [6.07, 6.45) is 6.43. The minimum absolute atomic E-state index is 0.0444. The van der Waals surface area contributed by atoms with Crippen molar-refractivity contribution in [2.24, 2.45) is 0 Å². The molecule has 178 valence electrons. The fourth-order valence-electron chi connectivity index (χ4n) is 3.50. The second-order valence-electron chi connectivity index (χ2n) is 8.18. The predicted octanol–water partition coefficient (Wildman–Crippen LogP) is 5.02. The van der Waals surface area contributed by atoms with E-state index in [1.165, 1.54) is 0 Å². The number of nitrogens with one attached hydrogen (secondary N) is 2. The van der Waals surface area contributed by atoms with Gasteiger partial charge in [0.15, 0.2) is 0 Å². The molecule has 0 saturated carbocycles. The van der Waals surface area contributed by atoms with E-state index in [0.717, 1.165) is 44.2 Å². The van der Waals surface area contributed by atoms with Crippen LogP contribution in [0.4, 0.5) is 5.69 Å². The van der Waals surface area contributed by atoms with Gasteiger partial charge in [0.2, 0.25) is 11.8 Å². The molecule has 0 bridgehead atoms. The van der Waals surface area contributed by atoms with Gasteiger partial charge in [-0.1, -0.05) is 62.6 Å². The maximum absolute atomic E-state index is 12.6. The molecule has 2 N–H and O–H groups in total. The molecule has 2 aromatic rings. The van der Waals surface area contributed by atoms with Gasteiger partial charge in [0, 0.05) is 43.7 Å². The Morgan fingerprint density at radius 3 is 2.12 bits per heavy atom. The van der Waals surface area contributed by atoms with Crippen molar-refractivity contribution < 1.29 is 14.4 Å². The van der Waals surface area contributed by atoms with E-state index < -0.39 is 0 Å². The monoisotopic (exact) mass is 451 g/mol. The van der Waals surface area contributed by atoms with Crippen LogP contribution in [-0.2, 0) is 9.59 Å². The summed E-state index contributed by atoms with van der Waals surface area (Å²) in [4.78, 5) is 38.7. The van der Waals surface area contributed by atoms with Crippen LogP contribution in [0.25, 0.3) is 0 Å². The Labute approximate surface area is 197 Å². The summed E-state index contributed by atoms with van der Waals surface area (Å²) in [6, 6.07) is 18.6. The van der Waals surface area contributed by atoms with Crippen molar-refractivity contribution >= 4 is 23.4 Å². The maximum Gasteiger partial charge on any atom is 0.251 e. The van der Waals surface area contributed by atoms with E-state index in [0.29, 0.717) is 31.6 Å². The van der Waals surface area contributed by atoms with Gasteiger partial charge in [-0.3, -0.25) is 14.4 Å². The van der Waals surface area contributed by atoms with Crippen LogP contribution < -0.4 is 10.6 Å². The predicted molar refractivity (Wildman–Crippen MR) is 133 cm³/mol. The third kappa shape index (κ3) is 10.8. The van der Waals surface area contributed by atoms with Gasteiger partial charge in [0.1, 0.15) is 0 Å². The Hall–Kier alpha value is -3.15. The molecule has 2 rings (SSSR count). The number of nitrogens with zero attached hydrogens (tertiary/aromatic N) is 1. The van der Waals surface area contributed by atoms with E-state index in [2.05, 4.69) is 17.6 Å². The molecule has 0 radical (unpaired) electrons. The van der Waals surface area contributed by atoms with E-state index in [1.807, 2.05) is 53.4 Å². The van der Waals surface area contributed by atoms with Crippen LogP contribution in [0.15, 0.2) is 60.7 Å². The van der Waals surface area contributed by atoms with Crippen LogP contribution in [0.5, 0.6) is 0 Å². The van der Waals surface area contributed by atoms with Gasteiger partial charge >= 0.3 is 0 Å². The molecule has 0 spiro atoms. The van der Waals surface area contributed by atoms with Crippen LogP contribution >= 0.6 is 0 Å². The molecule has 3 amide bonds. The average molecular weight is 452 g/mol. The Morgan fingerprint density at radius 1 is 0.758 bits per heavy atom. The molecule has 0 aliphatic rings. The summed E-state index contributed by atoms with van der Waals surface area (Å²) in [7, 11) is 0. The molecular formula is C27H37N3O3. The lowest BCUT2D eigenvalue weighted by Gasteiger charge is -2.22. The van der Waals surface area contributed by atoms with Crippen molar-refractivity contribution in [3.05, 3.63) is 66.2 Å². The standard InChI is InChI=1S/C27H37N3O3/c1-2-3-18-26(32)30(22-19-25(31)29-24-16-10-7-11-17-24)21-13-5-4-12-20-28-27(33)23-14-8-6-9-15-23/h6-11,14-17H,2-5,12-13,18-22H2,1H3,(H,28,33)(H,29,31). The normalized spacial score (nSPS) is 10.5. The van der Waals surface area contributed by atoms with Gasteiger partial charge in [-0.05, 0) is 43.5 Å². The molecule has 0 heterocycles. The summed E-state index contributed by atoms with van der Waals surface area (Å²) in [5, 5.41) is 5.82. The summed E-state index contributed by atoms with van der Waals surface area (Å²) in [5.74, 6) is 0.000194. The number of carbonyl (C=O) groups is 3. The Balaban J connectivity index is 1.66. The lowest BCUT2D eigenvalue weighted by atomic mass is 10.1. The molecule has 0 aromatic heterocycles. The van der Waals surface area contributed by atoms with E-state index in [9.17, 15) is 14.4 Å². The van der Waals surface area contributed by atoms with Gasteiger partial charge in [-0.15, -0.1) is 0 Å². The molecule has 0 aliphatic carbocycles. The zero-order valence-electron chi connectivity index (χ0n) is 19.7. The van der Waals surface area contributed by atoms with E-state index >= 15 is 0 Å². The van der Waals surface area contributed by atoms with Gasteiger partial charge < -0.3 is 15.5 Å². The minimum Gasteiger partial charge on any atom is -0.352 e. The average Bonchev–Trinajstić information content (AvgIpc) is 2.84. The molecular weight excluding hydrogens is 414 g/mol. The summed E-state index contributed by atoms with van der Waals surface area (Å²) >= 11 is 0. The van der Waals surface area contributed by atoms with Gasteiger partial charge in [-0.2, -0.15) is 0 Å². The highest BCUT2D eigenvalue weighted by Crippen LogP contribution is 2.09. The smallest absolute Gasteiger partial charge is 0.251 e. The zero-order chi connectivity index (χ0) is 23.7. The van der Waals surface area contributed by atoms with E-state index in [-0.39, 0.29) is 24.1 Å². The first kappa shape index (κ1) is 26.1. The quantitative estimate of drug-likeness (QED) is 0.373. The van der Waals surface area contributed by atoms with Crippen LogP contribution in [0.3, 0.4) is 0 Å². The first-order chi connectivity index (χ1) is 16.1. The first-order valence-corrected chi connectivity index (χ1v) is 12.1. The number of unbranched alkanes of at least 4 members (excludes halogenated alkanes) is 4. The third-order valence-electron chi connectivity index (χ3n) is 5.44. The molecule has 0 aliphatic heterocycles. The Morgan fingerprint density at radius 2 is 1.42 bits per heavy atom. The topological polar surface area (TPSA) is 78.5 Å². The molecule has 6 nitrogen and oxygen atoms in total. The molecule has 33 heavy (non-hydrogen) atoms. The highest BCUT2D eigenvalue weighted by molar-refractivity contribution is 5.94. The van der Waals surface area contributed by atoms with Gasteiger partial charge in [0.05, 0.1) is 0 Å². The van der Waals surface area contributed by atoms with E-state index in [1.54, 1.807) is 12.1 Å². The van der Waals surface area contributed by atoms with Crippen molar-refractivity contribution in [3.8, 4) is 0 Å². The molecule has 0 fully saturated rings. The minimum atomic E-state index is -0.0800. The Bertz CT molecular complexity index is 840. The number of hydrogen-bond acceptors (Lipinski definition) is 3. The van der Waals surface area contributed by atoms with Crippen molar-refractivity contribution in [3.63, 3.8) is 0 Å². The Kier molecular flexibility index (Phi) is 12.4. The second-order valence-corrected chi connectivity index (χ2v) is 8.18. The van der Waals surface area contributed by atoms with Gasteiger partial charge in [0.25, 0.3) is 5.91 Å². The second kappa shape index (κ2) is 15.6. The highest BCUT2D eigenvalue weighted by Gasteiger charge is 2.14. The third-order valence-corrected chi connectivity index (χ3v) is 5.44. The largest absolute Gasteiger partial charge is 0.352 e. The number of rotatable bonds is 15. The number of carbonyl (C=O) groups excluding carboxylic acids is 3. The first-order valence-electron chi connectivity index (χ1n) is 12.1. The summed E-state index contributed by atoms with van der Waals surface area (Å²) in [6.45, 7) is 3.82. The lowest BCUT2D eigenvalue weighted by Crippen LogP contribution is -2.34. The van der Waals surface area contributed by atoms with Gasteiger partial charge in [-0.25, -0.2) is 0 Å². The van der Waals surface area contributed by atoms with Crippen molar-refractivity contribution in [1.82, 2.24) is 10.2 Å². The molecule has 0 unspecified atom stereocenters. The van der Waals surface area contributed by atoms with Crippen LogP contribution in [-0.4, -0.2) is 42.3 Å². The molecule has 0 atom stereocenters. The SMILES string of the molecule is CCCCC(=O)N(CCCCCCNC(=O)c1ccccc1)CCC(=O)Nc1ccccc1. The number of hydrogen-bond donors (Lipinski definition) is 2. The fourth-order valence-corrected chi connectivity index (χ4v) is 3.50.